The predicted molar refractivity (Wildman–Crippen MR) is 107 cm³/mol. The first-order chi connectivity index (χ1) is 13.0. The van der Waals surface area contributed by atoms with E-state index in [-0.39, 0.29) is 11.4 Å². The number of carbonyl (C=O) groups excluding carboxylic acids is 1. The van der Waals surface area contributed by atoms with Crippen molar-refractivity contribution in [3.8, 4) is 0 Å². The summed E-state index contributed by atoms with van der Waals surface area (Å²) < 4.78 is 0. The largest absolute Gasteiger partial charge is 0.379 e. The van der Waals surface area contributed by atoms with Crippen LogP contribution in [0.25, 0.3) is 0 Å². The molecule has 0 aliphatic carbocycles. The number of amides is 1. The van der Waals surface area contributed by atoms with Crippen LogP contribution >= 0.6 is 0 Å². The van der Waals surface area contributed by atoms with E-state index in [9.17, 15) is 4.79 Å². The normalized spacial score (nSPS) is 19.9. The summed E-state index contributed by atoms with van der Waals surface area (Å²) >= 11 is 0. The highest BCUT2D eigenvalue weighted by atomic mass is 16.2. The van der Waals surface area contributed by atoms with Crippen molar-refractivity contribution < 1.29 is 4.79 Å². The Morgan fingerprint density at radius 2 is 1.93 bits per heavy atom. The summed E-state index contributed by atoms with van der Waals surface area (Å²) in [5.74, 6) is 0.228. The minimum Gasteiger partial charge on any atom is -0.379 e. The van der Waals surface area contributed by atoms with E-state index in [4.69, 9.17) is 0 Å². The number of hydrogen-bond donors (Lipinski definition) is 1. The second-order valence-electron chi connectivity index (χ2n) is 8.03. The number of hydrogen-bond acceptors (Lipinski definition) is 4. The lowest BCUT2D eigenvalue weighted by Crippen LogP contribution is -2.52. The quantitative estimate of drug-likeness (QED) is 0.889. The number of piperidine rings is 1. The van der Waals surface area contributed by atoms with Gasteiger partial charge in [0.1, 0.15) is 0 Å². The molecule has 1 spiro atoms. The number of rotatable bonds is 2. The van der Waals surface area contributed by atoms with Crippen molar-refractivity contribution in [2.45, 2.75) is 44.8 Å². The van der Waals surface area contributed by atoms with Crippen molar-refractivity contribution in [2.24, 2.45) is 0 Å². The van der Waals surface area contributed by atoms with Crippen LogP contribution < -0.4 is 5.32 Å². The maximum Gasteiger partial charge on any atom is 0.224 e. The topological polar surface area (TPSA) is 48.5 Å². The number of fused-ring (bicyclic) bond motifs is 1. The number of para-hydroxylation sites is 1. The van der Waals surface area contributed by atoms with E-state index in [1.54, 1.807) is 0 Å². The molecule has 0 atom stereocenters. The molecule has 27 heavy (non-hydrogen) atoms. The Balaban J connectivity index is 1.51. The number of likely N-dealkylation sites (tertiary alicyclic amines) is 1. The zero-order valence-electron chi connectivity index (χ0n) is 16.2. The summed E-state index contributed by atoms with van der Waals surface area (Å²) in [4.78, 5) is 21.6. The molecule has 4 rings (SSSR count). The number of anilines is 1. The van der Waals surface area contributed by atoms with Crippen LogP contribution in [0, 0.1) is 6.92 Å². The predicted octanol–water partition coefficient (Wildman–Crippen LogP) is 3.20. The lowest BCUT2D eigenvalue weighted by atomic mass is 9.82. The summed E-state index contributed by atoms with van der Waals surface area (Å²) in [6.45, 7) is 5.62. The van der Waals surface area contributed by atoms with Crippen molar-refractivity contribution in [2.75, 3.05) is 25.5 Å². The van der Waals surface area contributed by atoms with E-state index in [1.165, 1.54) is 16.8 Å². The van der Waals surface area contributed by atoms with Crippen molar-refractivity contribution in [3.63, 3.8) is 0 Å². The zero-order valence-corrected chi connectivity index (χ0v) is 16.2. The van der Waals surface area contributed by atoms with E-state index >= 15 is 0 Å². The van der Waals surface area contributed by atoms with E-state index in [2.05, 4.69) is 46.4 Å². The first-order valence-electron chi connectivity index (χ1n) is 9.78. The van der Waals surface area contributed by atoms with Gasteiger partial charge in [-0.1, -0.05) is 24.3 Å². The van der Waals surface area contributed by atoms with Gasteiger partial charge in [0, 0.05) is 57.1 Å². The minimum absolute atomic E-state index is 0.155. The highest BCUT2D eigenvalue weighted by Crippen LogP contribution is 2.34. The average Bonchev–Trinajstić information content (AvgIpc) is 2.66. The van der Waals surface area contributed by atoms with Gasteiger partial charge in [0.15, 0.2) is 0 Å². The third-order valence-electron chi connectivity index (χ3n) is 6.04. The van der Waals surface area contributed by atoms with Gasteiger partial charge in [-0.25, -0.2) is 0 Å². The van der Waals surface area contributed by atoms with Crippen LogP contribution in [0.15, 0.2) is 42.6 Å². The van der Waals surface area contributed by atoms with Crippen LogP contribution in [0.3, 0.4) is 0 Å². The monoisotopic (exact) mass is 364 g/mol. The molecule has 1 aromatic carbocycles. The van der Waals surface area contributed by atoms with E-state index in [0.29, 0.717) is 13.0 Å². The Morgan fingerprint density at radius 1 is 1.15 bits per heavy atom. The molecule has 0 radical (unpaired) electrons. The molecule has 0 saturated carbocycles. The Bertz CT molecular complexity index is 827. The third kappa shape index (κ3) is 3.83. The van der Waals surface area contributed by atoms with Crippen LogP contribution in [-0.4, -0.2) is 46.4 Å². The van der Waals surface area contributed by atoms with Gasteiger partial charge in [-0.3, -0.25) is 14.7 Å². The lowest BCUT2D eigenvalue weighted by Gasteiger charge is -2.45. The molecule has 1 fully saturated rings. The Morgan fingerprint density at radius 3 is 2.70 bits per heavy atom. The Labute approximate surface area is 161 Å². The number of pyridine rings is 1. The van der Waals surface area contributed by atoms with Crippen molar-refractivity contribution >= 4 is 11.6 Å². The first kappa shape index (κ1) is 18.0. The molecule has 3 heterocycles. The van der Waals surface area contributed by atoms with Gasteiger partial charge in [0.2, 0.25) is 5.91 Å². The number of aryl methyl sites for hydroxylation is 1. The fraction of sp³-hybridized carbons (Fsp3) is 0.455. The third-order valence-corrected chi connectivity index (χ3v) is 6.04. The first-order valence-corrected chi connectivity index (χ1v) is 9.78. The number of benzene rings is 1. The maximum absolute atomic E-state index is 12.7. The highest BCUT2D eigenvalue weighted by Gasteiger charge is 2.39. The second kappa shape index (κ2) is 7.31. The smallest absolute Gasteiger partial charge is 0.224 e. The van der Waals surface area contributed by atoms with Crippen molar-refractivity contribution in [1.82, 2.24) is 14.8 Å². The molecule has 1 saturated heterocycles. The molecule has 2 aliphatic rings. The van der Waals surface area contributed by atoms with Gasteiger partial charge in [-0.15, -0.1) is 0 Å². The SMILES string of the molecule is Cc1cccnc1CN1CCC2(CC1)CC(=O)N(C)Cc1ccccc1N2. The van der Waals surface area contributed by atoms with Crippen LogP contribution in [0.5, 0.6) is 0 Å². The molecule has 1 amide bonds. The van der Waals surface area contributed by atoms with Gasteiger partial charge >= 0.3 is 0 Å². The van der Waals surface area contributed by atoms with Crippen molar-refractivity contribution in [1.29, 1.82) is 0 Å². The van der Waals surface area contributed by atoms with Crippen LogP contribution in [0.2, 0.25) is 0 Å². The number of aromatic nitrogens is 1. The summed E-state index contributed by atoms with van der Waals surface area (Å²) in [5.41, 5.74) is 4.61. The molecule has 142 valence electrons. The van der Waals surface area contributed by atoms with Gasteiger partial charge < -0.3 is 10.2 Å². The van der Waals surface area contributed by atoms with Crippen LogP contribution in [0.1, 0.15) is 36.1 Å². The van der Waals surface area contributed by atoms with Gasteiger partial charge in [0.25, 0.3) is 0 Å². The number of carbonyl (C=O) groups is 1. The summed E-state index contributed by atoms with van der Waals surface area (Å²) in [6.07, 6.45) is 4.36. The number of nitrogens with zero attached hydrogens (tertiary/aromatic N) is 3. The fourth-order valence-corrected chi connectivity index (χ4v) is 4.21. The average molecular weight is 364 g/mol. The molecule has 0 bridgehead atoms. The summed E-state index contributed by atoms with van der Waals surface area (Å²) in [7, 11) is 1.91. The molecule has 2 aliphatic heterocycles. The molecule has 1 N–H and O–H groups in total. The lowest BCUT2D eigenvalue weighted by molar-refractivity contribution is -0.132. The second-order valence-corrected chi connectivity index (χ2v) is 8.03. The molecular formula is C22H28N4O. The molecular weight excluding hydrogens is 336 g/mol. The highest BCUT2D eigenvalue weighted by molar-refractivity contribution is 5.79. The Kier molecular flexibility index (Phi) is 4.87. The Hall–Kier alpha value is -2.40. The van der Waals surface area contributed by atoms with Crippen LogP contribution in [-0.2, 0) is 17.9 Å². The van der Waals surface area contributed by atoms with Gasteiger partial charge in [-0.2, -0.15) is 0 Å². The minimum atomic E-state index is -0.155. The molecule has 2 aromatic rings. The van der Waals surface area contributed by atoms with E-state index in [0.717, 1.165) is 38.2 Å². The molecule has 0 unspecified atom stereocenters. The molecule has 1 aromatic heterocycles. The fourth-order valence-electron chi connectivity index (χ4n) is 4.21. The molecule has 5 heteroatoms. The summed E-state index contributed by atoms with van der Waals surface area (Å²) in [6, 6.07) is 12.5. The molecule has 5 nitrogen and oxygen atoms in total. The van der Waals surface area contributed by atoms with Crippen LogP contribution in [0.4, 0.5) is 5.69 Å². The number of nitrogens with one attached hydrogen (secondary N) is 1. The van der Waals surface area contributed by atoms with Gasteiger partial charge in [-0.05, 0) is 43.0 Å². The van der Waals surface area contributed by atoms with Crippen molar-refractivity contribution in [3.05, 3.63) is 59.4 Å². The van der Waals surface area contributed by atoms with Gasteiger partial charge in [0.05, 0.1) is 5.69 Å². The maximum atomic E-state index is 12.7. The standard InChI is InChI=1S/C22H28N4O/c1-17-6-5-11-23-20(17)16-26-12-9-22(10-13-26)14-21(27)25(2)15-18-7-3-4-8-19(18)24-22/h3-8,11,24H,9-10,12-16H2,1-2H3. The zero-order chi connectivity index (χ0) is 18.9. The van der Waals surface area contributed by atoms with E-state index in [1.807, 2.05) is 30.3 Å². The van der Waals surface area contributed by atoms with E-state index < -0.39 is 0 Å². The summed E-state index contributed by atoms with van der Waals surface area (Å²) in [5, 5.41) is 3.77.